The summed E-state index contributed by atoms with van der Waals surface area (Å²) in [5.74, 6) is 2.70. The summed E-state index contributed by atoms with van der Waals surface area (Å²) in [6.45, 7) is 3.91. The van der Waals surface area contributed by atoms with Crippen molar-refractivity contribution in [2.24, 2.45) is 0 Å². The number of nitrogen functional groups attached to an aromatic ring is 1. The highest BCUT2D eigenvalue weighted by molar-refractivity contribution is 5.85. The van der Waals surface area contributed by atoms with E-state index in [2.05, 4.69) is 42.5 Å². The number of H-pyrrole nitrogens is 2. The zero-order valence-corrected chi connectivity index (χ0v) is 18.3. The van der Waals surface area contributed by atoms with Crippen LogP contribution in [0.3, 0.4) is 0 Å². The Labute approximate surface area is 185 Å². The molecule has 2 aromatic carbocycles. The summed E-state index contributed by atoms with van der Waals surface area (Å²) in [6.07, 6.45) is 3.65. The van der Waals surface area contributed by atoms with Crippen molar-refractivity contribution in [2.75, 3.05) is 18.2 Å². The van der Waals surface area contributed by atoms with E-state index >= 15 is 0 Å². The Bertz CT molecular complexity index is 1430. The molecule has 32 heavy (non-hydrogen) atoms. The number of aromatic nitrogens is 5. The number of aromatic amines is 2. The Morgan fingerprint density at radius 3 is 2.69 bits per heavy atom. The molecule has 5 aromatic rings. The zero-order chi connectivity index (χ0) is 22.2. The first-order valence-electron chi connectivity index (χ1n) is 10.5. The summed E-state index contributed by atoms with van der Waals surface area (Å²) in [6, 6.07) is 12.1. The van der Waals surface area contributed by atoms with Gasteiger partial charge in [-0.05, 0) is 68.7 Å². The smallest absolute Gasteiger partial charge is 0.222 e. The maximum absolute atomic E-state index is 5.97. The lowest BCUT2D eigenvalue weighted by Crippen LogP contribution is -2.08. The van der Waals surface area contributed by atoms with Crippen LogP contribution >= 0.6 is 0 Å². The molecule has 0 saturated heterocycles. The molecule has 0 amide bonds. The van der Waals surface area contributed by atoms with Gasteiger partial charge in [-0.15, -0.1) is 0 Å². The van der Waals surface area contributed by atoms with Crippen LogP contribution in [0, 0.1) is 13.8 Å². The van der Waals surface area contributed by atoms with Gasteiger partial charge in [-0.3, -0.25) is 0 Å². The number of nitrogens with zero attached hydrogens (tertiary/aromatic N) is 3. The molecule has 3 heterocycles. The van der Waals surface area contributed by atoms with Gasteiger partial charge in [-0.1, -0.05) is 0 Å². The van der Waals surface area contributed by atoms with Gasteiger partial charge in [0.25, 0.3) is 0 Å². The second-order valence-corrected chi connectivity index (χ2v) is 7.90. The molecule has 0 bridgehead atoms. The maximum atomic E-state index is 5.97. The molecule has 8 heteroatoms. The minimum atomic E-state index is 0.252. The predicted octanol–water partition coefficient (Wildman–Crippen LogP) is 4.57. The molecule has 0 aliphatic carbocycles. The van der Waals surface area contributed by atoms with Crippen LogP contribution in [0.1, 0.15) is 22.6 Å². The Balaban J connectivity index is 1.45. The fraction of sp³-hybridized carbons (Fsp3) is 0.208. The van der Waals surface area contributed by atoms with Crippen LogP contribution in [-0.2, 0) is 12.8 Å². The minimum absolute atomic E-state index is 0.252. The van der Waals surface area contributed by atoms with Gasteiger partial charge in [0.1, 0.15) is 17.4 Å². The van der Waals surface area contributed by atoms with Crippen LogP contribution < -0.4 is 15.8 Å². The average Bonchev–Trinajstić information content (AvgIpc) is 3.34. The molecule has 0 aliphatic rings. The number of hydrogen-bond acceptors (Lipinski definition) is 6. The Morgan fingerprint density at radius 2 is 1.84 bits per heavy atom. The number of hydrogen-bond donors (Lipinski definition) is 4. The molecular formula is C24H25N7O. The molecular weight excluding hydrogens is 402 g/mol. The van der Waals surface area contributed by atoms with E-state index < -0.39 is 0 Å². The van der Waals surface area contributed by atoms with Gasteiger partial charge >= 0.3 is 0 Å². The summed E-state index contributed by atoms with van der Waals surface area (Å²) in [7, 11) is 1.68. The van der Waals surface area contributed by atoms with Crippen molar-refractivity contribution in [3.05, 3.63) is 65.2 Å². The van der Waals surface area contributed by atoms with Crippen LogP contribution in [0.25, 0.3) is 21.9 Å². The highest BCUT2D eigenvalue weighted by atomic mass is 16.5. The number of ether oxygens (including phenoxy) is 1. The molecule has 0 saturated carbocycles. The first-order chi connectivity index (χ1) is 15.5. The van der Waals surface area contributed by atoms with Crippen molar-refractivity contribution in [1.82, 2.24) is 24.9 Å². The number of benzene rings is 2. The lowest BCUT2D eigenvalue weighted by Gasteiger charge is -2.14. The second-order valence-electron chi connectivity index (χ2n) is 7.90. The summed E-state index contributed by atoms with van der Waals surface area (Å²) in [5, 5.41) is 4.59. The largest absolute Gasteiger partial charge is 0.497 e. The van der Waals surface area contributed by atoms with Crippen LogP contribution in [0.4, 0.5) is 17.5 Å². The van der Waals surface area contributed by atoms with Gasteiger partial charge in [-0.25, -0.2) is 9.97 Å². The number of nitrogens with one attached hydrogen (secondary N) is 3. The number of fused-ring (bicyclic) bond motifs is 2. The molecule has 8 nitrogen and oxygen atoms in total. The molecule has 0 fully saturated rings. The van der Waals surface area contributed by atoms with Crippen molar-refractivity contribution in [1.29, 1.82) is 0 Å². The van der Waals surface area contributed by atoms with Crippen molar-refractivity contribution in [2.45, 2.75) is 26.7 Å². The number of anilines is 3. The van der Waals surface area contributed by atoms with E-state index in [-0.39, 0.29) is 5.95 Å². The highest BCUT2D eigenvalue weighted by Crippen LogP contribution is 2.28. The van der Waals surface area contributed by atoms with Crippen molar-refractivity contribution >= 4 is 39.4 Å². The number of methoxy groups -OCH3 is 1. The standard InChI is InChI=1S/C24H25N7O/c1-13-18(7-4-15-12-26-20-9-6-17(32-3)11-19(15)20)23(31-24(25)27-13)30-16-5-8-21-22(10-16)29-14(2)28-21/h5-6,8-12,26H,4,7H2,1-3H3,(H,28,29)(H3,25,27,30,31). The fourth-order valence-corrected chi connectivity index (χ4v) is 4.12. The molecule has 3 aromatic heterocycles. The molecule has 0 aliphatic heterocycles. The third-order valence-corrected chi connectivity index (χ3v) is 5.71. The summed E-state index contributed by atoms with van der Waals surface area (Å²) < 4.78 is 5.39. The van der Waals surface area contributed by atoms with Crippen LogP contribution in [0.5, 0.6) is 5.75 Å². The van der Waals surface area contributed by atoms with Gasteiger partial charge in [0.2, 0.25) is 5.95 Å². The predicted molar refractivity (Wildman–Crippen MR) is 128 cm³/mol. The number of imidazole rings is 1. The molecule has 0 atom stereocenters. The summed E-state index contributed by atoms with van der Waals surface area (Å²) in [4.78, 5) is 20.0. The molecule has 162 valence electrons. The topological polar surface area (TPSA) is 118 Å². The van der Waals surface area contributed by atoms with Crippen molar-refractivity contribution in [3.8, 4) is 5.75 Å². The van der Waals surface area contributed by atoms with Gasteiger partial charge in [0.15, 0.2) is 0 Å². The number of nitrogens with two attached hydrogens (primary N) is 1. The Morgan fingerprint density at radius 1 is 1.00 bits per heavy atom. The van der Waals surface area contributed by atoms with Gasteiger partial charge in [0, 0.05) is 34.0 Å². The van der Waals surface area contributed by atoms with Crippen LogP contribution in [-0.4, -0.2) is 32.0 Å². The quantitative estimate of drug-likeness (QED) is 0.315. The fourth-order valence-electron chi connectivity index (χ4n) is 4.12. The summed E-state index contributed by atoms with van der Waals surface area (Å²) >= 11 is 0. The maximum Gasteiger partial charge on any atom is 0.222 e. The zero-order valence-electron chi connectivity index (χ0n) is 18.3. The highest BCUT2D eigenvalue weighted by Gasteiger charge is 2.14. The van der Waals surface area contributed by atoms with Crippen LogP contribution in [0.2, 0.25) is 0 Å². The van der Waals surface area contributed by atoms with E-state index in [0.29, 0.717) is 0 Å². The monoisotopic (exact) mass is 427 g/mol. The summed E-state index contributed by atoms with van der Waals surface area (Å²) in [5.41, 5.74) is 13.0. The molecule has 0 radical (unpaired) electrons. The lowest BCUT2D eigenvalue weighted by atomic mass is 10.0. The van der Waals surface area contributed by atoms with Crippen LogP contribution in [0.15, 0.2) is 42.6 Å². The molecule has 5 N–H and O–H groups in total. The SMILES string of the molecule is COc1ccc2[nH]cc(CCc3c(C)nc(N)nc3Nc3ccc4[nH]c(C)nc4c3)c2c1. The Hall–Kier alpha value is -4.07. The van der Waals surface area contributed by atoms with E-state index in [1.165, 1.54) is 5.56 Å². The van der Waals surface area contributed by atoms with Crippen molar-refractivity contribution in [3.63, 3.8) is 0 Å². The van der Waals surface area contributed by atoms with E-state index in [0.717, 1.165) is 69.1 Å². The molecule has 0 spiro atoms. The van der Waals surface area contributed by atoms with E-state index in [1.54, 1.807) is 7.11 Å². The first kappa shape index (κ1) is 19.9. The van der Waals surface area contributed by atoms with Crippen molar-refractivity contribution < 1.29 is 4.74 Å². The van der Waals surface area contributed by atoms with Gasteiger partial charge in [0.05, 0.1) is 18.1 Å². The lowest BCUT2D eigenvalue weighted by molar-refractivity contribution is 0.415. The Kier molecular flexibility index (Phi) is 4.89. The number of rotatable bonds is 6. The number of aryl methyl sites for hydroxylation is 3. The third-order valence-electron chi connectivity index (χ3n) is 5.71. The normalized spacial score (nSPS) is 11.3. The van der Waals surface area contributed by atoms with E-state index in [4.69, 9.17) is 10.5 Å². The molecule has 0 unspecified atom stereocenters. The first-order valence-corrected chi connectivity index (χ1v) is 10.5. The van der Waals surface area contributed by atoms with Gasteiger partial charge < -0.3 is 25.8 Å². The molecule has 5 rings (SSSR count). The van der Waals surface area contributed by atoms with Gasteiger partial charge in [-0.2, -0.15) is 4.98 Å². The second kappa shape index (κ2) is 7.88. The minimum Gasteiger partial charge on any atom is -0.497 e. The van der Waals surface area contributed by atoms with E-state index in [9.17, 15) is 0 Å². The average molecular weight is 428 g/mol. The third kappa shape index (κ3) is 3.71. The van der Waals surface area contributed by atoms with E-state index in [1.807, 2.05) is 44.2 Å².